The molecule has 13 heteroatoms. The number of rotatable bonds is 6. The van der Waals surface area contributed by atoms with E-state index in [0.29, 0.717) is 18.4 Å². The molecular weight excluding hydrogens is 441 g/mol. The Morgan fingerprint density at radius 2 is 1.84 bits per heavy atom. The van der Waals surface area contributed by atoms with E-state index in [1.807, 2.05) is 4.72 Å². The SMILES string of the molecule is COC1CC2C(=O)NNC(c3ccc(CNS(N)(=O)=O)c(C(F)(F)F)c3)C2CC1OC. The topological polar surface area (TPSA) is 132 Å². The Bertz CT molecular complexity index is 927. The summed E-state index contributed by atoms with van der Waals surface area (Å²) in [5, 5.41) is 4.83. The summed E-state index contributed by atoms with van der Waals surface area (Å²) in [4.78, 5) is 12.4. The van der Waals surface area contributed by atoms with Crippen molar-refractivity contribution in [3.63, 3.8) is 0 Å². The highest BCUT2D eigenvalue weighted by Gasteiger charge is 2.47. The molecular formula is C18H25F3N4O5S. The first kappa shape index (κ1) is 23.9. The van der Waals surface area contributed by atoms with Crippen LogP contribution in [0, 0.1) is 11.8 Å². The maximum atomic E-state index is 13.7. The molecule has 3 rings (SSSR count). The van der Waals surface area contributed by atoms with Crippen LogP contribution in [0.1, 0.15) is 35.6 Å². The van der Waals surface area contributed by atoms with E-state index in [1.165, 1.54) is 26.4 Å². The Kier molecular flexibility index (Phi) is 6.93. The van der Waals surface area contributed by atoms with Gasteiger partial charge < -0.3 is 9.47 Å². The predicted octanol–water partition coefficient (Wildman–Crippen LogP) is 0.730. The van der Waals surface area contributed by atoms with Crippen LogP contribution in [-0.2, 0) is 37.2 Å². The smallest absolute Gasteiger partial charge is 0.379 e. The van der Waals surface area contributed by atoms with Crippen LogP contribution in [0.15, 0.2) is 18.2 Å². The predicted molar refractivity (Wildman–Crippen MR) is 103 cm³/mol. The number of amides is 1. The Morgan fingerprint density at radius 3 is 2.42 bits per heavy atom. The summed E-state index contributed by atoms with van der Waals surface area (Å²) in [7, 11) is -1.11. The maximum absolute atomic E-state index is 13.7. The molecule has 9 nitrogen and oxygen atoms in total. The van der Waals surface area contributed by atoms with Crippen LogP contribution in [0.5, 0.6) is 0 Å². The number of halogens is 3. The van der Waals surface area contributed by atoms with Crippen LogP contribution in [0.3, 0.4) is 0 Å². The molecule has 1 aliphatic heterocycles. The van der Waals surface area contributed by atoms with Crippen LogP contribution < -0.4 is 20.7 Å². The molecule has 0 radical (unpaired) electrons. The van der Waals surface area contributed by atoms with Crippen molar-refractivity contribution in [2.75, 3.05) is 14.2 Å². The molecule has 1 saturated heterocycles. The zero-order valence-electron chi connectivity index (χ0n) is 16.9. The Labute approximate surface area is 178 Å². The highest BCUT2D eigenvalue weighted by molar-refractivity contribution is 7.87. The average molecular weight is 466 g/mol. The quantitative estimate of drug-likeness (QED) is 0.489. The molecule has 2 aliphatic rings. The monoisotopic (exact) mass is 466 g/mol. The molecule has 1 amide bonds. The highest BCUT2D eigenvalue weighted by Crippen LogP contribution is 2.43. The van der Waals surface area contributed by atoms with Crippen LogP contribution >= 0.6 is 0 Å². The molecule has 174 valence electrons. The number of carbonyl (C=O) groups excluding carboxylic acids is 1. The number of hydrazine groups is 1. The van der Waals surface area contributed by atoms with E-state index < -0.39 is 40.5 Å². The van der Waals surface area contributed by atoms with E-state index in [-0.39, 0.29) is 29.6 Å². The van der Waals surface area contributed by atoms with E-state index in [1.54, 1.807) is 0 Å². The van der Waals surface area contributed by atoms with Gasteiger partial charge >= 0.3 is 6.18 Å². The second-order valence-electron chi connectivity index (χ2n) is 7.68. The summed E-state index contributed by atoms with van der Waals surface area (Å²) in [6, 6.07) is 3.06. The Balaban J connectivity index is 1.94. The molecule has 31 heavy (non-hydrogen) atoms. The second kappa shape index (κ2) is 9.00. The number of nitrogens with two attached hydrogens (primary N) is 1. The largest absolute Gasteiger partial charge is 0.416 e. The van der Waals surface area contributed by atoms with Crippen LogP contribution in [-0.4, -0.2) is 40.8 Å². The van der Waals surface area contributed by atoms with Gasteiger partial charge in [0.25, 0.3) is 10.2 Å². The molecule has 1 heterocycles. The van der Waals surface area contributed by atoms with Crippen molar-refractivity contribution in [3.05, 3.63) is 34.9 Å². The van der Waals surface area contributed by atoms with Crippen molar-refractivity contribution < 1.29 is 35.9 Å². The number of benzene rings is 1. The highest BCUT2D eigenvalue weighted by atomic mass is 32.2. The lowest BCUT2D eigenvalue weighted by Crippen LogP contribution is -2.59. The van der Waals surface area contributed by atoms with E-state index in [4.69, 9.17) is 14.6 Å². The molecule has 5 N–H and O–H groups in total. The third-order valence-corrected chi connectivity index (χ3v) is 6.45. The van der Waals surface area contributed by atoms with E-state index in [0.717, 1.165) is 6.07 Å². The van der Waals surface area contributed by atoms with Gasteiger partial charge in [-0.25, -0.2) is 10.6 Å². The fraction of sp³-hybridized carbons (Fsp3) is 0.611. The number of nitrogens with one attached hydrogen (secondary N) is 3. The van der Waals surface area contributed by atoms with Crippen molar-refractivity contribution >= 4 is 16.1 Å². The lowest BCUT2D eigenvalue weighted by Gasteiger charge is -2.46. The lowest BCUT2D eigenvalue weighted by molar-refractivity contribution is -0.145. The fourth-order valence-corrected chi connectivity index (χ4v) is 4.75. The molecule has 5 unspecified atom stereocenters. The first-order valence-electron chi connectivity index (χ1n) is 9.53. The molecule has 0 spiro atoms. The third-order valence-electron chi connectivity index (χ3n) is 5.91. The average Bonchev–Trinajstić information content (AvgIpc) is 2.70. The zero-order valence-corrected chi connectivity index (χ0v) is 17.7. The number of ether oxygens (including phenoxy) is 2. The van der Waals surface area contributed by atoms with Crippen molar-refractivity contribution in [2.24, 2.45) is 17.0 Å². The van der Waals surface area contributed by atoms with Gasteiger partial charge in [0.05, 0.1) is 23.8 Å². The molecule has 1 aromatic carbocycles. The van der Waals surface area contributed by atoms with Crippen LogP contribution in [0.25, 0.3) is 0 Å². The standard InChI is InChI=1S/C18H25F3N4O5S/c1-29-14-6-11-12(7-15(14)30-2)17(26)25-24-16(11)9-3-4-10(8-23-31(22,27)28)13(5-9)18(19,20)21/h3-5,11-12,14-16,23-24H,6-8H2,1-2H3,(H,25,26)(H2,22,27,28). The molecule has 5 atom stereocenters. The number of carbonyl (C=O) groups is 1. The van der Waals surface area contributed by atoms with Gasteiger partial charge in [-0.15, -0.1) is 0 Å². The first-order chi connectivity index (χ1) is 14.4. The molecule has 1 aromatic rings. The summed E-state index contributed by atoms with van der Waals surface area (Å²) < 4.78 is 76.0. The number of fused-ring (bicyclic) bond motifs is 1. The van der Waals surface area contributed by atoms with Crippen molar-refractivity contribution in [1.82, 2.24) is 15.6 Å². The summed E-state index contributed by atoms with van der Waals surface area (Å²) in [6.45, 7) is -0.601. The summed E-state index contributed by atoms with van der Waals surface area (Å²) in [5.74, 6) is -1.02. The zero-order chi connectivity index (χ0) is 23.0. The normalized spacial score (nSPS) is 29.4. The van der Waals surface area contributed by atoms with Crippen LogP contribution in [0.2, 0.25) is 0 Å². The minimum absolute atomic E-state index is 0.247. The number of methoxy groups -OCH3 is 2. The first-order valence-corrected chi connectivity index (χ1v) is 11.1. The van der Waals surface area contributed by atoms with Crippen molar-refractivity contribution in [1.29, 1.82) is 0 Å². The van der Waals surface area contributed by atoms with Gasteiger partial charge in [0.2, 0.25) is 5.91 Å². The number of alkyl halides is 3. The second-order valence-corrected chi connectivity index (χ2v) is 9.06. The molecule has 1 saturated carbocycles. The lowest BCUT2D eigenvalue weighted by atomic mass is 9.70. The van der Waals surface area contributed by atoms with Gasteiger partial charge in [-0.1, -0.05) is 12.1 Å². The van der Waals surface area contributed by atoms with Gasteiger partial charge in [0, 0.05) is 26.7 Å². The number of hydrogen-bond acceptors (Lipinski definition) is 6. The summed E-state index contributed by atoms with van der Waals surface area (Å²) >= 11 is 0. The van der Waals surface area contributed by atoms with Crippen LogP contribution in [0.4, 0.5) is 13.2 Å². The maximum Gasteiger partial charge on any atom is 0.416 e. The van der Waals surface area contributed by atoms with E-state index in [2.05, 4.69) is 10.9 Å². The fourth-order valence-electron chi connectivity index (χ4n) is 4.39. The molecule has 2 fully saturated rings. The van der Waals surface area contributed by atoms with Crippen molar-refractivity contribution in [3.8, 4) is 0 Å². The van der Waals surface area contributed by atoms with Gasteiger partial charge in [-0.2, -0.15) is 26.3 Å². The van der Waals surface area contributed by atoms with Gasteiger partial charge in [0.15, 0.2) is 0 Å². The minimum atomic E-state index is -4.72. The van der Waals surface area contributed by atoms with E-state index >= 15 is 0 Å². The summed E-state index contributed by atoms with van der Waals surface area (Å²) in [5.41, 5.74) is 4.44. The Morgan fingerprint density at radius 1 is 1.19 bits per heavy atom. The van der Waals surface area contributed by atoms with Gasteiger partial charge in [-0.3, -0.25) is 10.2 Å². The van der Waals surface area contributed by atoms with Crippen molar-refractivity contribution in [2.45, 2.75) is 43.8 Å². The molecule has 1 aliphatic carbocycles. The molecule has 0 bridgehead atoms. The van der Waals surface area contributed by atoms with E-state index in [9.17, 15) is 26.4 Å². The summed E-state index contributed by atoms with van der Waals surface area (Å²) in [6.07, 6.45) is -4.52. The minimum Gasteiger partial charge on any atom is -0.379 e. The van der Waals surface area contributed by atoms with Gasteiger partial charge in [-0.05, 0) is 36.0 Å². The Hall–Kier alpha value is -1.77. The molecule has 0 aromatic heterocycles. The van der Waals surface area contributed by atoms with Gasteiger partial charge in [0.1, 0.15) is 0 Å². The third kappa shape index (κ3) is 5.35. The number of hydrogen-bond donors (Lipinski definition) is 4.